The van der Waals surface area contributed by atoms with Gasteiger partial charge in [0.25, 0.3) is 5.91 Å². The topological polar surface area (TPSA) is 104 Å². The van der Waals surface area contributed by atoms with Crippen LogP contribution in [0, 0.1) is 17.6 Å². The summed E-state index contributed by atoms with van der Waals surface area (Å²) in [5.41, 5.74) is -0.938. The molecule has 1 aliphatic heterocycles. The second kappa shape index (κ2) is 11.8. The maximum atomic E-state index is 14.2. The number of anilines is 3. The van der Waals surface area contributed by atoms with E-state index in [4.69, 9.17) is 0 Å². The van der Waals surface area contributed by atoms with Gasteiger partial charge in [-0.3, -0.25) is 14.4 Å². The second-order valence-corrected chi connectivity index (χ2v) is 10.1. The predicted octanol–water partition coefficient (Wildman–Crippen LogP) is 4.13. The molecule has 0 fully saturated rings. The Morgan fingerprint density at radius 1 is 1.00 bits per heavy atom. The molecule has 0 aliphatic carbocycles. The van der Waals surface area contributed by atoms with Crippen molar-refractivity contribution in [3.63, 3.8) is 0 Å². The van der Waals surface area contributed by atoms with Gasteiger partial charge in [0.15, 0.2) is 5.82 Å². The first-order chi connectivity index (χ1) is 20.0. The Balaban J connectivity index is 1.57. The van der Waals surface area contributed by atoms with Crippen molar-refractivity contribution in [1.82, 2.24) is 15.6 Å². The number of aromatic nitrogens is 1. The highest BCUT2D eigenvalue weighted by molar-refractivity contribution is 6.04. The van der Waals surface area contributed by atoms with E-state index < -0.39 is 65.4 Å². The molecule has 0 saturated heterocycles. The number of amides is 3. The number of fused-ring (bicyclic) bond motifs is 1. The number of halogens is 6. The van der Waals surface area contributed by atoms with E-state index in [2.05, 4.69) is 20.4 Å². The lowest BCUT2D eigenvalue weighted by atomic mass is 10.0. The molecule has 0 unspecified atom stereocenters. The van der Waals surface area contributed by atoms with E-state index in [1.165, 1.54) is 44.0 Å². The summed E-state index contributed by atoms with van der Waals surface area (Å²) < 4.78 is 82.7. The summed E-state index contributed by atoms with van der Waals surface area (Å²) in [5, 5.41) is 5.04. The Bertz CT molecular complexity index is 1550. The van der Waals surface area contributed by atoms with Gasteiger partial charge in [-0.05, 0) is 68.4 Å². The number of rotatable bonds is 7. The van der Waals surface area contributed by atoms with Crippen molar-refractivity contribution in [2.75, 3.05) is 23.4 Å². The monoisotopic (exact) mass is 609 g/mol. The van der Waals surface area contributed by atoms with Crippen molar-refractivity contribution in [3.8, 4) is 5.75 Å². The standard InChI is InChI=1S/C28H25F6N5O4/c1-27(2,37-23(40)13-16-5-10-19(30)24(31)35-16)26(42)36-20-14-39(17-6-8-18(9-7-17)43-28(32,33)34)21-11-4-15(29)12-22(21)38(3)25(20)41/h4-12,20H,13-14H2,1-3H3,(H,36,42)(H,37,40)/t20-/m1/s1. The molecule has 9 nitrogen and oxygen atoms in total. The van der Waals surface area contributed by atoms with Crippen LogP contribution in [-0.4, -0.2) is 54.2 Å². The lowest BCUT2D eigenvalue weighted by Crippen LogP contribution is -2.60. The molecule has 2 heterocycles. The predicted molar refractivity (Wildman–Crippen MR) is 142 cm³/mol. The highest BCUT2D eigenvalue weighted by Gasteiger charge is 2.38. The molecule has 15 heteroatoms. The van der Waals surface area contributed by atoms with Gasteiger partial charge in [0.2, 0.25) is 17.8 Å². The van der Waals surface area contributed by atoms with Gasteiger partial charge in [-0.15, -0.1) is 13.2 Å². The zero-order valence-corrected chi connectivity index (χ0v) is 22.9. The van der Waals surface area contributed by atoms with Crippen molar-refractivity contribution in [3.05, 3.63) is 77.9 Å². The third-order valence-corrected chi connectivity index (χ3v) is 6.49. The maximum absolute atomic E-state index is 14.2. The Hall–Kier alpha value is -4.82. The number of hydrogen-bond acceptors (Lipinski definition) is 6. The van der Waals surface area contributed by atoms with E-state index in [0.29, 0.717) is 11.4 Å². The molecule has 2 aromatic carbocycles. The lowest BCUT2D eigenvalue weighted by molar-refractivity contribution is -0.274. The van der Waals surface area contributed by atoms with Gasteiger partial charge in [0.05, 0.1) is 30.0 Å². The number of hydrogen-bond donors (Lipinski definition) is 2. The molecule has 1 aliphatic rings. The van der Waals surface area contributed by atoms with Crippen LogP contribution in [0.25, 0.3) is 0 Å². The molecule has 1 aromatic heterocycles. The molecule has 2 N–H and O–H groups in total. The van der Waals surface area contributed by atoms with Crippen LogP contribution < -0.4 is 25.2 Å². The third kappa shape index (κ3) is 7.34. The van der Waals surface area contributed by atoms with Crippen LogP contribution in [-0.2, 0) is 20.8 Å². The fraction of sp³-hybridized carbons (Fsp3) is 0.286. The molecule has 0 saturated carbocycles. The molecular formula is C28H25F6N5O4. The maximum Gasteiger partial charge on any atom is 0.573 e. The molecule has 3 amide bonds. The second-order valence-electron chi connectivity index (χ2n) is 10.1. The minimum atomic E-state index is -4.91. The van der Waals surface area contributed by atoms with Crippen molar-refractivity contribution in [2.45, 2.75) is 38.2 Å². The van der Waals surface area contributed by atoms with Crippen molar-refractivity contribution in [2.24, 2.45) is 0 Å². The Labute approximate surface area is 241 Å². The first-order valence-electron chi connectivity index (χ1n) is 12.7. The van der Waals surface area contributed by atoms with Crippen molar-refractivity contribution >= 4 is 34.8 Å². The van der Waals surface area contributed by atoms with Crippen LogP contribution in [0.1, 0.15) is 19.5 Å². The summed E-state index contributed by atoms with van der Waals surface area (Å²) in [6.07, 6.45) is -5.38. The van der Waals surface area contributed by atoms with Gasteiger partial charge in [-0.25, -0.2) is 13.8 Å². The van der Waals surface area contributed by atoms with E-state index in [-0.39, 0.29) is 17.9 Å². The molecule has 4 rings (SSSR count). The molecule has 0 spiro atoms. The lowest BCUT2D eigenvalue weighted by Gasteiger charge is -2.30. The normalized spacial score (nSPS) is 15.5. The number of nitrogens with zero attached hydrogens (tertiary/aromatic N) is 3. The van der Waals surface area contributed by atoms with Crippen LogP contribution in [0.3, 0.4) is 0 Å². The van der Waals surface area contributed by atoms with Crippen LogP contribution in [0.2, 0.25) is 0 Å². The number of nitrogens with one attached hydrogen (secondary N) is 2. The first kappa shape index (κ1) is 31.1. The van der Waals surface area contributed by atoms with Gasteiger partial charge in [0, 0.05) is 12.7 Å². The van der Waals surface area contributed by atoms with E-state index in [9.17, 15) is 40.7 Å². The van der Waals surface area contributed by atoms with E-state index in [1.54, 1.807) is 0 Å². The summed E-state index contributed by atoms with van der Waals surface area (Å²) in [4.78, 5) is 45.3. The van der Waals surface area contributed by atoms with Gasteiger partial charge in [-0.1, -0.05) is 0 Å². The fourth-order valence-corrected chi connectivity index (χ4v) is 4.39. The molecule has 43 heavy (non-hydrogen) atoms. The molecule has 3 aromatic rings. The van der Waals surface area contributed by atoms with Gasteiger partial charge in [-0.2, -0.15) is 4.39 Å². The summed E-state index contributed by atoms with van der Waals surface area (Å²) in [6, 6.07) is 9.02. The van der Waals surface area contributed by atoms with E-state index >= 15 is 0 Å². The number of carbonyl (C=O) groups excluding carboxylic acids is 3. The molecule has 0 radical (unpaired) electrons. The smallest absolute Gasteiger partial charge is 0.406 e. The zero-order chi connectivity index (χ0) is 31.7. The number of pyridine rings is 1. The quantitative estimate of drug-likeness (QED) is 0.309. The molecule has 228 valence electrons. The van der Waals surface area contributed by atoms with E-state index in [0.717, 1.165) is 41.3 Å². The van der Waals surface area contributed by atoms with Crippen LogP contribution in [0.15, 0.2) is 54.6 Å². The summed E-state index contributed by atoms with van der Waals surface area (Å²) in [5.74, 6) is -5.90. The molecular weight excluding hydrogens is 584 g/mol. The van der Waals surface area contributed by atoms with Crippen molar-refractivity contribution < 1.29 is 45.5 Å². The Morgan fingerprint density at radius 3 is 2.30 bits per heavy atom. The fourth-order valence-electron chi connectivity index (χ4n) is 4.39. The van der Waals surface area contributed by atoms with Gasteiger partial charge in [0.1, 0.15) is 23.1 Å². The van der Waals surface area contributed by atoms with Gasteiger partial charge >= 0.3 is 6.36 Å². The molecule has 0 bridgehead atoms. The van der Waals surface area contributed by atoms with Crippen LogP contribution >= 0.6 is 0 Å². The number of benzene rings is 2. The minimum absolute atomic E-state index is 0.0829. The average Bonchev–Trinajstić information content (AvgIpc) is 3.00. The number of alkyl halides is 3. The van der Waals surface area contributed by atoms with Crippen LogP contribution in [0.4, 0.5) is 43.4 Å². The Kier molecular flexibility index (Phi) is 8.55. The van der Waals surface area contributed by atoms with Gasteiger partial charge < -0.3 is 25.2 Å². The Morgan fingerprint density at radius 2 is 1.67 bits per heavy atom. The molecule has 1 atom stereocenters. The zero-order valence-electron chi connectivity index (χ0n) is 22.9. The summed E-state index contributed by atoms with van der Waals surface area (Å²) in [6.45, 7) is 2.48. The minimum Gasteiger partial charge on any atom is -0.406 e. The first-order valence-corrected chi connectivity index (χ1v) is 12.7. The highest BCUT2D eigenvalue weighted by Crippen LogP contribution is 2.38. The summed E-state index contributed by atoms with van der Waals surface area (Å²) in [7, 11) is 1.37. The third-order valence-electron chi connectivity index (χ3n) is 6.49. The van der Waals surface area contributed by atoms with Crippen LogP contribution in [0.5, 0.6) is 5.75 Å². The number of carbonyl (C=O) groups is 3. The van der Waals surface area contributed by atoms with Crippen molar-refractivity contribution in [1.29, 1.82) is 0 Å². The summed E-state index contributed by atoms with van der Waals surface area (Å²) >= 11 is 0. The highest BCUT2D eigenvalue weighted by atomic mass is 19.4. The SMILES string of the molecule is CN1C(=O)[C@H](NC(=O)C(C)(C)NC(=O)Cc2ccc(F)c(F)n2)CN(c2ccc(OC(F)(F)F)cc2)c2ccc(F)cc21. The number of ether oxygens (including phenoxy) is 1. The average molecular weight is 610 g/mol. The number of likely N-dealkylation sites (N-methyl/N-ethyl adjacent to an activating group) is 1. The largest absolute Gasteiger partial charge is 0.573 e. The van der Waals surface area contributed by atoms with E-state index in [1.807, 2.05) is 0 Å².